The van der Waals surface area contributed by atoms with Gasteiger partial charge in [-0.3, -0.25) is 0 Å². The minimum Gasteiger partial charge on any atom is -0.391 e. The van der Waals surface area contributed by atoms with Crippen LogP contribution in [0.25, 0.3) is 0 Å². The van der Waals surface area contributed by atoms with E-state index in [1.165, 1.54) is 5.56 Å². The van der Waals surface area contributed by atoms with E-state index in [2.05, 4.69) is 5.32 Å². The standard InChI is InChI=1S/C13H19NO2/c15-11-7-4-8-12(16)13(11)14-9-10-5-2-1-3-6-10/h1-3,5-6,11-16H,4,7-9H2/t11-,12+,13?. The summed E-state index contributed by atoms with van der Waals surface area (Å²) in [5.41, 5.74) is 1.17. The molecule has 3 nitrogen and oxygen atoms in total. The summed E-state index contributed by atoms with van der Waals surface area (Å²) < 4.78 is 0. The maximum absolute atomic E-state index is 9.79. The molecule has 1 aliphatic rings. The smallest absolute Gasteiger partial charge is 0.0718 e. The third-order valence-electron chi connectivity index (χ3n) is 3.21. The van der Waals surface area contributed by atoms with E-state index in [-0.39, 0.29) is 6.04 Å². The lowest BCUT2D eigenvalue weighted by Crippen LogP contribution is -2.50. The molecule has 0 saturated heterocycles. The number of aliphatic hydroxyl groups excluding tert-OH is 2. The van der Waals surface area contributed by atoms with Crippen molar-refractivity contribution in [2.24, 2.45) is 0 Å². The van der Waals surface area contributed by atoms with Crippen molar-refractivity contribution in [2.75, 3.05) is 0 Å². The molecule has 0 aromatic heterocycles. The lowest BCUT2D eigenvalue weighted by molar-refractivity contribution is 0.000875. The Labute approximate surface area is 96.1 Å². The van der Waals surface area contributed by atoms with E-state index in [9.17, 15) is 10.2 Å². The van der Waals surface area contributed by atoms with E-state index in [0.29, 0.717) is 6.54 Å². The number of hydrogen-bond donors (Lipinski definition) is 3. The lowest BCUT2D eigenvalue weighted by Gasteiger charge is -2.33. The van der Waals surface area contributed by atoms with Crippen LogP contribution in [0.4, 0.5) is 0 Å². The number of aliphatic hydroxyl groups is 2. The quantitative estimate of drug-likeness (QED) is 0.715. The first kappa shape index (κ1) is 11.6. The largest absolute Gasteiger partial charge is 0.391 e. The van der Waals surface area contributed by atoms with Crippen molar-refractivity contribution in [1.82, 2.24) is 5.32 Å². The SMILES string of the molecule is O[C@@H]1CCC[C@H](O)C1NCc1ccccc1. The van der Waals surface area contributed by atoms with Gasteiger partial charge in [0.1, 0.15) is 0 Å². The van der Waals surface area contributed by atoms with Crippen LogP contribution in [0.15, 0.2) is 30.3 Å². The van der Waals surface area contributed by atoms with Crippen molar-refractivity contribution in [1.29, 1.82) is 0 Å². The molecule has 0 spiro atoms. The fraction of sp³-hybridized carbons (Fsp3) is 0.538. The third-order valence-corrected chi connectivity index (χ3v) is 3.21. The average Bonchev–Trinajstić information content (AvgIpc) is 2.30. The molecule has 1 unspecified atom stereocenters. The molecule has 0 aliphatic heterocycles. The molecule has 0 heterocycles. The lowest BCUT2D eigenvalue weighted by atomic mass is 9.90. The van der Waals surface area contributed by atoms with Crippen LogP contribution in [0, 0.1) is 0 Å². The molecule has 3 heteroatoms. The van der Waals surface area contributed by atoms with Gasteiger partial charge in [-0.2, -0.15) is 0 Å². The summed E-state index contributed by atoms with van der Waals surface area (Å²) in [6.45, 7) is 0.694. The van der Waals surface area contributed by atoms with Gasteiger partial charge in [0, 0.05) is 6.54 Å². The van der Waals surface area contributed by atoms with Gasteiger partial charge < -0.3 is 15.5 Å². The van der Waals surface area contributed by atoms with Gasteiger partial charge >= 0.3 is 0 Å². The predicted octanol–water partition coefficient (Wildman–Crippen LogP) is 1.05. The summed E-state index contributed by atoms with van der Waals surface area (Å²) in [6, 6.07) is 9.85. The Morgan fingerprint density at radius 3 is 2.31 bits per heavy atom. The minimum absolute atomic E-state index is 0.186. The zero-order valence-corrected chi connectivity index (χ0v) is 9.34. The zero-order chi connectivity index (χ0) is 11.4. The van der Waals surface area contributed by atoms with Crippen LogP contribution in [0.1, 0.15) is 24.8 Å². The molecule has 1 aromatic carbocycles. The number of nitrogens with one attached hydrogen (secondary N) is 1. The molecule has 1 aliphatic carbocycles. The van der Waals surface area contributed by atoms with Crippen LogP contribution < -0.4 is 5.32 Å². The third kappa shape index (κ3) is 2.82. The van der Waals surface area contributed by atoms with Gasteiger partial charge in [0.15, 0.2) is 0 Å². The maximum atomic E-state index is 9.79. The first-order valence-electron chi connectivity index (χ1n) is 5.91. The summed E-state index contributed by atoms with van der Waals surface area (Å²) in [7, 11) is 0. The Morgan fingerprint density at radius 1 is 1.06 bits per heavy atom. The van der Waals surface area contributed by atoms with Gasteiger partial charge in [-0.05, 0) is 24.8 Å². The molecule has 3 atom stereocenters. The minimum atomic E-state index is -0.424. The molecule has 1 saturated carbocycles. The Kier molecular flexibility index (Phi) is 3.93. The molecular weight excluding hydrogens is 202 g/mol. The van der Waals surface area contributed by atoms with Crippen molar-refractivity contribution in [2.45, 2.75) is 44.1 Å². The van der Waals surface area contributed by atoms with Gasteiger partial charge in [-0.25, -0.2) is 0 Å². The molecule has 2 rings (SSSR count). The summed E-state index contributed by atoms with van der Waals surface area (Å²) in [6.07, 6.45) is 1.62. The molecular formula is C13H19NO2. The second-order valence-corrected chi connectivity index (χ2v) is 4.46. The number of benzene rings is 1. The van der Waals surface area contributed by atoms with Crippen molar-refractivity contribution >= 4 is 0 Å². The van der Waals surface area contributed by atoms with Crippen molar-refractivity contribution in [3.8, 4) is 0 Å². The Balaban J connectivity index is 1.89. The second kappa shape index (κ2) is 5.43. The van der Waals surface area contributed by atoms with Gasteiger partial charge in [-0.1, -0.05) is 30.3 Å². The Morgan fingerprint density at radius 2 is 1.69 bits per heavy atom. The first-order chi connectivity index (χ1) is 7.77. The molecule has 0 amide bonds. The van der Waals surface area contributed by atoms with Gasteiger partial charge in [-0.15, -0.1) is 0 Å². The molecule has 16 heavy (non-hydrogen) atoms. The highest BCUT2D eigenvalue weighted by molar-refractivity contribution is 5.14. The van der Waals surface area contributed by atoms with E-state index < -0.39 is 12.2 Å². The number of hydrogen-bond acceptors (Lipinski definition) is 3. The monoisotopic (exact) mass is 221 g/mol. The Hall–Kier alpha value is -0.900. The fourth-order valence-corrected chi connectivity index (χ4v) is 2.26. The fourth-order valence-electron chi connectivity index (χ4n) is 2.26. The highest BCUT2D eigenvalue weighted by Crippen LogP contribution is 2.19. The van der Waals surface area contributed by atoms with E-state index in [1.807, 2.05) is 30.3 Å². The van der Waals surface area contributed by atoms with Crippen LogP contribution in [0.2, 0.25) is 0 Å². The van der Waals surface area contributed by atoms with Gasteiger partial charge in [0.05, 0.1) is 18.2 Å². The maximum Gasteiger partial charge on any atom is 0.0718 e. The molecule has 0 bridgehead atoms. The van der Waals surface area contributed by atoms with Crippen LogP contribution in [-0.2, 0) is 6.54 Å². The summed E-state index contributed by atoms with van der Waals surface area (Å²) in [5.74, 6) is 0. The number of rotatable bonds is 3. The summed E-state index contributed by atoms with van der Waals surface area (Å²) >= 11 is 0. The van der Waals surface area contributed by atoms with Crippen LogP contribution in [-0.4, -0.2) is 28.5 Å². The van der Waals surface area contributed by atoms with Crippen LogP contribution in [0.3, 0.4) is 0 Å². The van der Waals surface area contributed by atoms with Gasteiger partial charge in [0.2, 0.25) is 0 Å². The topological polar surface area (TPSA) is 52.5 Å². The Bertz CT molecular complexity index is 305. The predicted molar refractivity (Wildman–Crippen MR) is 62.9 cm³/mol. The first-order valence-corrected chi connectivity index (χ1v) is 5.91. The molecule has 1 aromatic rings. The van der Waals surface area contributed by atoms with E-state index >= 15 is 0 Å². The average molecular weight is 221 g/mol. The highest BCUT2D eigenvalue weighted by Gasteiger charge is 2.30. The molecule has 3 N–H and O–H groups in total. The molecule has 1 fully saturated rings. The van der Waals surface area contributed by atoms with E-state index in [0.717, 1.165) is 19.3 Å². The van der Waals surface area contributed by atoms with Gasteiger partial charge in [0.25, 0.3) is 0 Å². The van der Waals surface area contributed by atoms with E-state index in [4.69, 9.17) is 0 Å². The highest BCUT2D eigenvalue weighted by atomic mass is 16.3. The normalized spacial score (nSPS) is 30.2. The van der Waals surface area contributed by atoms with Crippen LogP contribution >= 0.6 is 0 Å². The summed E-state index contributed by atoms with van der Waals surface area (Å²) in [4.78, 5) is 0. The van der Waals surface area contributed by atoms with E-state index in [1.54, 1.807) is 0 Å². The second-order valence-electron chi connectivity index (χ2n) is 4.46. The van der Waals surface area contributed by atoms with Crippen LogP contribution in [0.5, 0.6) is 0 Å². The summed E-state index contributed by atoms with van der Waals surface area (Å²) in [5, 5.41) is 22.8. The zero-order valence-electron chi connectivity index (χ0n) is 9.34. The van der Waals surface area contributed by atoms with Crippen molar-refractivity contribution in [3.63, 3.8) is 0 Å². The molecule has 88 valence electrons. The molecule has 0 radical (unpaired) electrons. The van der Waals surface area contributed by atoms with Crippen molar-refractivity contribution in [3.05, 3.63) is 35.9 Å². The van der Waals surface area contributed by atoms with Crippen molar-refractivity contribution < 1.29 is 10.2 Å².